The predicted molar refractivity (Wildman–Crippen MR) is 99.6 cm³/mol. The number of pyridine rings is 1. The summed E-state index contributed by atoms with van der Waals surface area (Å²) in [7, 11) is 0. The zero-order valence-electron chi connectivity index (χ0n) is 14.3. The van der Waals surface area contributed by atoms with Crippen LogP contribution in [0.3, 0.4) is 0 Å². The van der Waals surface area contributed by atoms with Crippen LogP contribution in [0.1, 0.15) is 5.56 Å². The summed E-state index contributed by atoms with van der Waals surface area (Å²) in [6, 6.07) is 10.2. The Labute approximate surface area is 156 Å². The first-order valence-electron chi connectivity index (χ1n) is 8.33. The van der Waals surface area contributed by atoms with Gasteiger partial charge in [-0.2, -0.15) is 0 Å². The van der Waals surface area contributed by atoms with Gasteiger partial charge in [0.15, 0.2) is 0 Å². The van der Waals surface area contributed by atoms with Crippen molar-refractivity contribution in [2.45, 2.75) is 6.92 Å². The quantitative estimate of drug-likeness (QED) is 0.692. The average Bonchev–Trinajstić information content (AvgIpc) is 3.19. The summed E-state index contributed by atoms with van der Waals surface area (Å²) in [5.41, 5.74) is 2.80. The molecule has 2 aromatic heterocycles. The van der Waals surface area contributed by atoms with Gasteiger partial charge in [-0.1, -0.05) is 34.4 Å². The first kappa shape index (κ1) is 16.8. The van der Waals surface area contributed by atoms with Crippen LogP contribution in [-0.2, 0) is 4.74 Å². The zero-order chi connectivity index (χ0) is 17.9. The van der Waals surface area contributed by atoms with Crippen LogP contribution < -0.4 is 9.80 Å². The third-order valence-corrected chi connectivity index (χ3v) is 4.49. The second kappa shape index (κ2) is 7.31. The van der Waals surface area contributed by atoms with E-state index in [1.807, 2.05) is 42.2 Å². The van der Waals surface area contributed by atoms with Gasteiger partial charge in [0.2, 0.25) is 6.39 Å². The lowest BCUT2D eigenvalue weighted by Crippen LogP contribution is -2.37. The molecule has 0 atom stereocenters. The van der Waals surface area contributed by atoms with E-state index in [1.54, 1.807) is 6.20 Å². The van der Waals surface area contributed by atoms with Crippen LogP contribution in [0.4, 0.5) is 23.2 Å². The Balaban J connectivity index is 1.72. The number of hydrogen-bond donors (Lipinski definition) is 0. The highest BCUT2D eigenvalue weighted by molar-refractivity contribution is 6.33. The maximum atomic E-state index is 6.54. The van der Waals surface area contributed by atoms with E-state index in [0.717, 1.165) is 35.8 Å². The highest BCUT2D eigenvalue weighted by atomic mass is 35.5. The molecule has 0 radical (unpaired) electrons. The number of benzene rings is 1. The van der Waals surface area contributed by atoms with Gasteiger partial charge in [-0.25, -0.2) is 4.98 Å². The smallest absolute Gasteiger partial charge is 0.327 e. The molecule has 0 amide bonds. The highest BCUT2D eigenvalue weighted by Gasteiger charge is 2.21. The molecule has 134 valence electrons. The van der Waals surface area contributed by atoms with E-state index in [2.05, 4.69) is 20.1 Å². The number of morpholine rings is 1. The summed E-state index contributed by atoms with van der Waals surface area (Å²) < 4.78 is 10.8. The van der Waals surface area contributed by atoms with E-state index in [9.17, 15) is 0 Å². The molecule has 8 heteroatoms. The number of halogens is 1. The fraction of sp³-hybridized carbons (Fsp3) is 0.278. The van der Waals surface area contributed by atoms with Crippen molar-refractivity contribution in [2.75, 3.05) is 36.1 Å². The minimum absolute atomic E-state index is 0.353. The van der Waals surface area contributed by atoms with Gasteiger partial charge in [0.1, 0.15) is 5.82 Å². The lowest BCUT2D eigenvalue weighted by atomic mass is 10.2. The van der Waals surface area contributed by atoms with Crippen LogP contribution in [0.5, 0.6) is 0 Å². The van der Waals surface area contributed by atoms with E-state index in [0.29, 0.717) is 24.3 Å². The number of nitrogens with zero attached hydrogens (tertiary/aromatic N) is 5. The Hall–Kier alpha value is -2.64. The van der Waals surface area contributed by atoms with Gasteiger partial charge < -0.3 is 14.1 Å². The van der Waals surface area contributed by atoms with Gasteiger partial charge in [-0.3, -0.25) is 4.90 Å². The third kappa shape index (κ3) is 3.36. The van der Waals surface area contributed by atoms with Crippen LogP contribution in [0.2, 0.25) is 5.02 Å². The monoisotopic (exact) mass is 371 g/mol. The molecule has 1 aliphatic heterocycles. The largest absolute Gasteiger partial charge is 0.410 e. The summed E-state index contributed by atoms with van der Waals surface area (Å²) in [6.07, 6.45) is 3.06. The Morgan fingerprint density at radius 2 is 1.88 bits per heavy atom. The minimum Gasteiger partial charge on any atom is -0.410 e. The Kier molecular flexibility index (Phi) is 4.73. The third-order valence-electron chi connectivity index (χ3n) is 4.21. The second-order valence-corrected chi connectivity index (χ2v) is 6.40. The van der Waals surface area contributed by atoms with Crippen molar-refractivity contribution in [2.24, 2.45) is 0 Å². The molecular formula is C18H18ClN5O2. The van der Waals surface area contributed by atoms with Crippen LogP contribution in [-0.4, -0.2) is 41.5 Å². The maximum absolute atomic E-state index is 6.54. The van der Waals surface area contributed by atoms with Crippen molar-refractivity contribution < 1.29 is 9.15 Å². The van der Waals surface area contributed by atoms with E-state index in [-0.39, 0.29) is 0 Å². The molecular weight excluding hydrogens is 354 g/mol. The van der Waals surface area contributed by atoms with Crippen molar-refractivity contribution in [1.29, 1.82) is 0 Å². The van der Waals surface area contributed by atoms with Gasteiger partial charge in [-0.05, 0) is 25.1 Å². The number of aromatic nitrogens is 3. The number of hydrogen-bond acceptors (Lipinski definition) is 7. The number of aryl methyl sites for hydroxylation is 1. The number of rotatable bonds is 4. The van der Waals surface area contributed by atoms with E-state index in [4.69, 9.17) is 20.8 Å². The topological polar surface area (TPSA) is 67.5 Å². The molecule has 4 rings (SSSR count). The van der Waals surface area contributed by atoms with Crippen molar-refractivity contribution >= 4 is 34.8 Å². The molecule has 1 fully saturated rings. The fourth-order valence-electron chi connectivity index (χ4n) is 2.88. The van der Waals surface area contributed by atoms with E-state index >= 15 is 0 Å². The number of anilines is 4. The molecule has 0 saturated carbocycles. The second-order valence-electron chi connectivity index (χ2n) is 5.99. The van der Waals surface area contributed by atoms with E-state index < -0.39 is 0 Å². The lowest BCUT2D eigenvalue weighted by Gasteiger charge is -2.29. The average molecular weight is 372 g/mol. The summed E-state index contributed by atoms with van der Waals surface area (Å²) >= 11 is 6.54. The first-order valence-corrected chi connectivity index (χ1v) is 8.71. The molecule has 3 heterocycles. The lowest BCUT2D eigenvalue weighted by molar-refractivity contribution is 0.122. The highest BCUT2D eigenvalue weighted by Crippen LogP contribution is 2.36. The summed E-state index contributed by atoms with van der Waals surface area (Å²) in [5.74, 6) is 0.758. The molecule has 1 aliphatic rings. The summed E-state index contributed by atoms with van der Waals surface area (Å²) in [6.45, 7) is 4.94. The maximum Gasteiger partial charge on any atom is 0.327 e. The van der Waals surface area contributed by atoms with Crippen molar-refractivity contribution in [3.05, 3.63) is 53.5 Å². The number of ether oxygens (including phenoxy) is 1. The summed E-state index contributed by atoms with van der Waals surface area (Å²) in [4.78, 5) is 8.53. The fourth-order valence-corrected chi connectivity index (χ4v) is 3.16. The van der Waals surface area contributed by atoms with E-state index in [1.165, 1.54) is 6.39 Å². The molecule has 0 aliphatic carbocycles. The molecule has 7 nitrogen and oxygen atoms in total. The normalized spacial score (nSPS) is 14.5. The molecule has 3 aromatic rings. The molecule has 0 bridgehead atoms. The van der Waals surface area contributed by atoms with Gasteiger partial charge in [0, 0.05) is 13.1 Å². The Bertz CT molecular complexity index is 864. The van der Waals surface area contributed by atoms with Crippen molar-refractivity contribution in [3.63, 3.8) is 0 Å². The zero-order valence-corrected chi connectivity index (χ0v) is 15.1. The predicted octanol–water partition coefficient (Wildman–Crippen LogP) is 3.73. The molecule has 0 unspecified atom stereocenters. The SMILES string of the molecule is Cc1ccc(N(c2cnc(N3CCOCC3)c(Cl)c2)c2nnco2)cc1. The summed E-state index contributed by atoms with van der Waals surface area (Å²) in [5, 5.41) is 8.41. The van der Waals surface area contributed by atoms with Crippen molar-refractivity contribution in [1.82, 2.24) is 15.2 Å². The van der Waals surface area contributed by atoms with Crippen LogP contribution >= 0.6 is 11.6 Å². The Morgan fingerprint density at radius 1 is 1.12 bits per heavy atom. The van der Waals surface area contributed by atoms with Crippen LogP contribution in [0, 0.1) is 6.92 Å². The van der Waals surface area contributed by atoms with Crippen LogP contribution in [0.25, 0.3) is 0 Å². The van der Waals surface area contributed by atoms with Gasteiger partial charge >= 0.3 is 6.01 Å². The van der Waals surface area contributed by atoms with Gasteiger partial charge in [0.05, 0.1) is 35.8 Å². The van der Waals surface area contributed by atoms with Gasteiger partial charge in [0.25, 0.3) is 0 Å². The Morgan fingerprint density at radius 3 is 2.54 bits per heavy atom. The molecule has 1 aromatic carbocycles. The standard InChI is InChI=1S/C18H18ClN5O2/c1-13-2-4-14(5-3-13)24(18-22-21-12-26-18)15-10-16(19)17(20-11-15)23-6-8-25-9-7-23/h2-5,10-12H,6-9H2,1H3. The van der Waals surface area contributed by atoms with Crippen molar-refractivity contribution in [3.8, 4) is 0 Å². The molecule has 1 saturated heterocycles. The molecule has 0 spiro atoms. The molecule has 26 heavy (non-hydrogen) atoms. The van der Waals surface area contributed by atoms with Gasteiger partial charge in [-0.15, -0.1) is 5.10 Å². The minimum atomic E-state index is 0.353. The first-order chi connectivity index (χ1) is 12.7. The van der Waals surface area contributed by atoms with Crippen LogP contribution in [0.15, 0.2) is 47.3 Å². The molecule has 0 N–H and O–H groups in total.